The predicted octanol–water partition coefficient (Wildman–Crippen LogP) is 4.47. The molecule has 3 rings (SSSR count). The number of amides is 2. The topological polar surface area (TPSA) is 105 Å². The number of carbonyl (C=O) groups is 2. The molecule has 10 heteroatoms. The highest BCUT2D eigenvalue weighted by Gasteiger charge is 2.14. The monoisotopic (exact) mass is 513 g/mol. The van der Waals surface area contributed by atoms with Crippen molar-refractivity contribution in [2.75, 3.05) is 23.8 Å². The fourth-order valence-electron chi connectivity index (χ4n) is 2.85. The van der Waals surface area contributed by atoms with Crippen molar-refractivity contribution in [3.63, 3.8) is 0 Å². The zero-order valence-electron chi connectivity index (χ0n) is 17.7. The van der Waals surface area contributed by atoms with Crippen LogP contribution >= 0.6 is 15.9 Å². The average Bonchev–Trinajstić information content (AvgIpc) is 2.79. The van der Waals surface area contributed by atoms with Crippen molar-refractivity contribution in [3.8, 4) is 5.75 Å². The van der Waals surface area contributed by atoms with Crippen molar-refractivity contribution in [1.29, 1.82) is 0 Å². The van der Waals surface area contributed by atoms with E-state index in [1.54, 1.807) is 37.3 Å². The number of ether oxygens (including phenoxy) is 1. The molecule has 33 heavy (non-hydrogen) atoms. The summed E-state index contributed by atoms with van der Waals surface area (Å²) >= 11 is 3.23. The molecule has 1 aromatic heterocycles. The summed E-state index contributed by atoms with van der Waals surface area (Å²) in [4.78, 5) is 32.0. The number of benzene rings is 2. The third-order valence-electron chi connectivity index (χ3n) is 4.34. The van der Waals surface area contributed by atoms with Gasteiger partial charge < -0.3 is 20.7 Å². The normalized spacial score (nSPS) is 10.8. The molecule has 0 atom stereocenters. The van der Waals surface area contributed by atoms with Crippen molar-refractivity contribution < 1.29 is 18.7 Å². The SMILES string of the molecule is C=CC(=O)Nc1cc2c(Nc3ccc(Br)cc3F)ncnc2cc1OCCNC(=O)/C=C/C. The van der Waals surface area contributed by atoms with Crippen molar-refractivity contribution in [2.24, 2.45) is 0 Å². The molecule has 0 aliphatic rings. The second-order valence-corrected chi connectivity index (χ2v) is 7.59. The standard InChI is InChI=1S/C23H21BrFN5O3/c1-3-5-22(32)26-8-9-33-20-12-18-15(11-19(20)29-21(31)4-2)23(28-13-27-18)30-17-7-6-14(24)10-16(17)25/h3-7,10-13H,2,8-9H2,1H3,(H,26,32)(H,29,31)(H,27,28,30)/b5-3+. The summed E-state index contributed by atoms with van der Waals surface area (Å²) in [5.41, 5.74) is 1.09. The van der Waals surface area contributed by atoms with Crippen molar-refractivity contribution in [2.45, 2.75) is 6.92 Å². The highest BCUT2D eigenvalue weighted by atomic mass is 79.9. The average molecular weight is 514 g/mol. The van der Waals surface area contributed by atoms with Gasteiger partial charge in [0.2, 0.25) is 11.8 Å². The van der Waals surface area contributed by atoms with Gasteiger partial charge >= 0.3 is 0 Å². The number of hydrogen-bond acceptors (Lipinski definition) is 6. The molecule has 0 saturated heterocycles. The summed E-state index contributed by atoms with van der Waals surface area (Å²) in [7, 11) is 0. The van der Waals surface area contributed by atoms with E-state index in [2.05, 4.69) is 48.4 Å². The van der Waals surface area contributed by atoms with Gasteiger partial charge in [0.05, 0.1) is 23.4 Å². The number of allylic oxidation sites excluding steroid dienone is 1. The zero-order valence-corrected chi connectivity index (χ0v) is 19.3. The number of fused-ring (bicyclic) bond motifs is 1. The van der Waals surface area contributed by atoms with E-state index in [1.165, 1.54) is 18.5 Å². The number of anilines is 3. The number of rotatable bonds is 9. The molecule has 170 valence electrons. The predicted molar refractivity (Wildman–Crippen MR) is 129 cm³/mol. The Balaban J connectivity index is 1.91. The number of halogens is 2. The molecule has 2 aromatic carbocycles. The Hall–Kier alpha value is -3.79. The fourth-order valence-corrected chi connectivity index (χ4v) is 3.18. The van der Waals surface area contributed by atoms with Crippen LogP contribution in [0.25, 0.3) is 10.9 Å². The molecule has 1 heterocycles. The number of aromatic nitrogens is 2. The van der Waals surface area contributed by atoms with E-state index in [1.807, 2.05) is 0 Å². The Bertz CT molecular complexity index is 1230. The van der Waals surface area contributed by atoms with Gasteiger partial charge in [0.1, 0.15) is 30.3 Å². The quantitative estimate of drug-likeness (QED) is 0.288. The molecule has 0 fully saturated rings. The molecule has 2 amide bonds. The van der Waals surface area contributed by atoms with Gasteiger partial charge in [0.25, 0.3) is 0 Å². The van der Waals surface area contributed by atoms with Crippen LogP contribution in [0.1, 0.15) is 6.92 Å². The number of nitrogens with one attached hydrogen (secondary N) is 3. The molecular weight excluding hydrogens is 493 g/mol. The summed E-state index contributed by atoms with van der Waals surface area (Å²) in [6.07, 6.45) is 5.51. The van der Waals surface area contributed by atoms with Crippen LogP contribution in [0.3, 0.4) is 0 Å². The molecule has 0 spiro atoms. The first-order chi connectivity index (χ1) is 15.9. The van der Waals surface area contributed by atoms with Gasteiger partial charge in [-0.2, -0.15) is 0 Å². The van der Waals surface area contributed by atoms with Gasteiger partial charge in [0, 0.05) is 15.9 Å². The lowest BCUT2D eigenvalue weighted by Crippen LogP contribution is -2.26. The first kappa shape index (κ1) is 23.9. The van der Waals surface area contributed by atoms with Crippen LogP contribution in [-0.4, -0.2) is 34.9 Å². The maximum absolute atomic E-state index is 14.3. The van der Waals surface area contributed by atoms with Crippen LogP contribution in [0.2, 0.25) is 0 Å². The molecule has 0 unspecified atom stereocenters. The summed E-state index contributed by atoms with van der Waals surface area (Å²) in [6.45, 7) is 5.63. The smallest absolute Gasteiger partial charge is 0.247 e. The van der Waals surface area contributed by atoms with Gasteiger partial charge in [-0.15, -0.1) is 0 Å². The second kappa shape index (κ2) is 11.2. The third kappa shape index (κ3) is 6.36. The number of nitrogens with zero attached hydrogens (tertiary/aromatic N) is 2. The fraction of sp³-hybridized carbons (Fsp3) is 0.130. The Morgan fingerprint density at radius 3 is 2.73 bits per heavy atom. The Morgan fingerprint density at radius 2 is 2.00 bits per heavy atom. The largest absolute Gasteiger partial charge is 0.489 e. The summed E-state index contributed by atoms with van der Waals surface area (Å²) in [6, 6.07) is 7.87. The minimum absolute atomic E-state index is 0.159. The second-order valence-electron chi connectivity index (χ2n) is 6.67. The van der Waals surface area contributed by atoms with Crippen molar-refractivity contribution in [3.05, 3.63) is 71.8 Å². The van der Waals surface area contributed by atoms with Gasteiger partial charge in [-0.05, 0) is 43.3 Å². The van der Waals surface area contributed by atoms with Crippen LogP contribution in [0.4, 0.5) is 21.6 Å². The van der Waals surface area contributed by atoms with Crippen LogP contribution in [0.5, 0.6) is 5.75 Å². The van der Waals surface area contributed by atoms with Gasteiger partial charge in [0.15, 0.2) is 0 Å². The number of hydrogen-bond donors (Lipinski definition) is 3. The highest BCUT2D eigenvalue weighted by Crippen LogP contribution is 2.34. The summed E-state index contributed by atoms with van der Waals surface area (Å²) < 4.78 is 20.7. The highest BCUT2D eigenvalue weighted by molar-refractivity contribution is 9.10. The van der Waals surface area contributed by atoms with E-state index in [9.17, 15) is 14.0 Å². The van der Waals surface area contributed by atoms with E-state index in [-0.39, 0.29) is 24.7 Å². The molecule has 3 N–H and O–H groups in total. The van der Waals surface area contributed by atoms with Gasteiger partial charge in [-0.1, -0.05) is 28.6 Å². The van der Waals surface area contributed by atoms with E-state index >= 15 is 0 Å². The molecule has 8 nitrogen and oxygen atoms in total. The molecule has 0 aliphatic carbocycles. The maximum atomic E-state index is 14.3. The molecule has 0 saturated carbocycles. The van der Waals surface area contributed by atoms with Crippen LogP contribution in [0.15, 0.2) is 65.9 Å². The Labute approximate surface area is 198 Å². The van der Waals surface area contributed by atoms with E-state index in [0.717, 1.165) is 6.08 Å². The van der Waals surface area contributed by atoms with Crippen LogP contribution in [-0.2, 0) is 9.59 Å². The molecule has 0 aliphatic heterocycles. The third-order valence-corrected chi connectivity index (χ3v) is 4.83. The first-order valence-electron chi connectivity index (χ1n) is 9.89. The van der Waals surface area contributed by atoms with Gasteiger partial charge in [-0.3, -0.25) is 9.59 Å². The van der Waals surface area contributed by atoms with Crippen molar-refractivity contribution >= 4 is 55.8 Å². The van der Waals surface area contributed by atoms with E-state index in [0.29, 0.717) is 32.6 Å². The molecule has 0 radical (unpaired) electrons. The lowest BCUT2D eigenvalue weighted by atomic mass is 10.1. The molecule has 3 aromatic rings. The van der Waals surface area contributed by atoms with E-state index in [4.69, 9.17) is 4.74 Å². The van der Waals surface area contributed by atoms with Crippen LogP contribution < -0.4 is 20.7 Å². The zero-order chi connectivity index (χ0) is 23.8. The minimum atomic E-state index is -0.462. The van der Waals surface area contributed by atoms with Gasteiger partial charge in [-0.25, -0.2) is 14.4 Å². The lowest BCUT2D eigenvalue weighted by Gasteiger charge is -2.15. The molecular formula is C23H21BrFN5O3. The first-order valence-corrected chi connectivity index (χ1v) is 10.7. The Morgan fingerprint density at radius 1 is 1.18 bits per heavy atom. The summed E-state index contributed by atoms with van der Waals surface area (Å²) in [5, 5.41) is 8.86. The number of carbonyl (C=O) groups excluding carboxylic acids is 2. The minimum Gasteiger partial charge on any atom is -0.489 e. The van der Waals surface area contributed by atoms with Crippen LogP contribution in [0, 0.1) is 5.82 Å². The Kier molecular flexibility index (Phi) is 8.09. The molecule has 0 bridgehead atoms. The summed E-state index contributed by atoms with van der Waals surface area (Å²) in [5.74, 6) is -0.441. The lowest BCUT2D eigenvalue weighted by molar-refractivity contribution is -0.116. The maximum Gasteiger partial charge on any atom is 0.247 e. The van der Waals surface area contributed by atoms with Crippen molar-refractivity contribution in [1.82, 2.24) is 15.3 Å². The van der Waals surface area contributed by atoms with E-state index < -0.39 is 11.7 Å².